The second kappa shape index (κ2) is 4.48. The highest BCUT2D eigenvalue weighted by Gasteiger charge is 2.16. The van der Waals surface area contributed by atoms with Gasteiger partial charge in [-0.1, -0.05) is 12.1 Å². The average molecular weight is 248 g/mol. The van der Waals surface area contributed by atoms with Crippen LogP contribution < -0.4 is 0 Å². The summed E-state index contributed by atoms with van der Waals surface area (Å²) in [5.74, 6) is 0.159. The molecule has 2 rings (SSSR count). The molecule has 5 heteroatoms. The molecule has 2 aromatic rings. The predicted molar refractivity (Wildman–Crippen MR) is 66.6 cm³/mol. The third-order valence-corrected chi connectivity index (χ3v) is 2.58. The molecule has 0 saturated heterocycles. The van der Waals surface area contributed by atoms with Gasteiger partial charge in [-0.05, 0) is 19.1 Å². The minimum Gasteiger partial charge on any atom is -0.509 e. The molecule has 0 bridgehead atoms. The number of aliphatic hydroxyl groups is 1. The van der Waals surface area contributed by atoms with Crippen LogP contribution in [0.1, 0.15) is 12.7 Å². The van der Waals surface area contributed by atoms with Crippen LogP contribution in [-0.2, 0) is 0 Å². The van der Waals surface area contributed by atoms with E-state index in [1.54, 1.807) is 6.92 Å². The van der Waals surface area contributed by atoms with E-state index in [4.69, 9.17) is 16.9 Å². The number of nitriles is 1. The van der Waals surface area contributed by atoms with E-state index in [0.717, 1.165) is 11.0 Å². The van der Waals surface area contributed by atoms with Crippen molar-refractivity contribution in [2.75, 3.05) is 0 Å². The van der Waals surface area contributed by atoms with Gasteiger partial charge in [0.15, 0.2) is 5.82 Å². The van der Waals surface area contributed by atoms with Gasteiger partial charge in [0, 0.05) is 0 Å². The molecule has 0 aliphatic carbocycles. The summed E-state index contributed by atoms with van der Waals surface area (Å²) in [5.41, 5.74) is 1.62. The van der Waals surface area contributed by atoms with E-state index in [1.807, 2.05) is 30.3 Å². The van der Waals surface area contributed by atoms with Gasteiger partial charge in [-0.25, -0.2) is 4.98 Å². The van der Waals surface area contributed by atoms with Crippen LogP contribution in [0, 0.1) is 11.3 Å². The Balaban J connectivity index is 2.60. The number of imidazole rings is 1. The Hall–Kier alpha value is -1.99. The van der Waals surface area contributed by atoms with Crippen molar-refractivity contribution in [2.24, 2.45) is 0 Å². The van der Waals surface area contributed by atoms with Gasteiger partial charge in [0.1, 0.15) is 17.4 Å². The van der Waals surface area contributed by atoms with E-state index in [-0.39, 0.29) is 11.3 Å². The molecule has 1 atom stereocenters. The molecule has 4 nitrogen and oxygen atoms in total. The van der Waals surface area contributed by atoms with E-state index >= 15 is 0 Å². The number of hydrogen-bond donors (Lipinski definition) is 2. The molecule has 0 aliphatic heterocycles. The molecule has 0 radical (unpaired) electrons. The summed E-state index contributed by atoms with van der Waals surface area (Å²) in [5, 5.41) is 18.1. The maximum atomic E-state index is 9.73. The van der Waals surface area contributed by atoms with Crippen LogP contribution in [-0.4, -0.2) is 20.5 Å². The molecule has 0 saturated carbocycles. The summed E-state index contributed by atoms with van der Waals surface area (Å²) >= 11 is 5.75. The number of rotatable bonds is 2. The van der Waals surface area contributed by atoms with Crippen LogP contribution in [0.5, 0.6) is 0 Å². The fraction of sp³-hybridized carbons (Fsp3) is 0.167. The number of fused-ring (bicyclic) bond motifs is 1. The highest BCUT2D eigenvalue weighted by atomic mass is 35.5. The Bertz CT molecular complexity index is 589. The number of aromatic nitrogens is 2. The first-order valence-electron chi connectivity index (χ1n) is 5.06. The molecule has 0 fully saturated rings. The van der Waals surface area contributed by atoms with Gasteiger partial charge >= 0.3 is 0 Å². The summed E-state index contributed by atoms with van der Waals surface area (Å²) in [6, 6.07) is 9.31. The van der Waals surface area contributed by atoms with Gasteiger partial charge in [-0.3, -0.25) is 0 Å². The topological polar surface area (TPSA) is 72.7 Å². The lowest BCUT2D eigenvalue weighted by molar-refractivity contribution is 0.400. The molecule has 2 N–H and O–H groups in total. The molecule has 0 aliphatic rings. The SMILES string of the molecule is C[C@@H](Cl)/C(O)=C(\C#N)c1nc2ccccc2[nH]1. The predicted octanol–water partition coefficient (Wildman–Crippen LogP) is 2.98. The van der Waals surface area contributed by atoms with Crippen LogP contribution in [0.3, 0.4) is 0 Å². The minimum absolute atomic E-state index is 0.0729. The van der Waals surface area contributed by atoms with Gasteiger partial charge in [0.25, 0.3) is 0 Å². The number of aromatic amines is 1. The van der Waals surface area contributed by atoms with Crippen LogP contribution in [0.25, 0.3) is 16.6 Å². The Labute approximate surface area is 103 Å². The summed E-state index contributed by atoms with van der Waals surface area (Å²) in [7, 11) is 0. The molecular weight excluding hydrogens is 238 g/mol. The highest BCUT2D eigenvalue weighted by Crippen LogP contribution is 2.21. The van der Waals surface area contributed by atoms with Crippen molar-refractivity contribution in [1.29, 1.82) is 5.26 Å². The maximum absolute atomic E-state index is 9.73. The Morgan fingerprint density at radius 2 is 2.24 bits per heavy atom. The van der Waals surface area contributed by atoms with Gasteiger partial charge in [0.2, 0.25) is 0 Å². The summed E-state index contributed by atoms with van der Waals surface area (Å²) in [4.78, 5) is 7.21. The van der Waals surface area contributed by atoms with Gasteiger partial charge < -0.3 is 10.1 Å². The van der Waals surface area contributed by atoms with E-state index in [1.165, 1.54) is 0 Å². The third-order valence-electron chi connectivity index (χ3n) is 2.37. The molecule has 86 valence electrons. The molecular formula is C12H10ClN3O. The van der Waals surface area contributed by atoms with Crippen LogP contribution >= 0.6 is 11.6 Å². The molecule has 1 aromatic carbocycles. The lowest BCUT2D eigenvalue weighted by atomic mass is 10.2. The molecule has 0 spiro atoms. The summed E-state index contributed by atoms with van der Waals surface area (Å²) < 4.78 is 0. The second-order valence-corrected chi connectivity index (χ2v) is 4.25. The number of benzene rings is 1. The Morgan fingerprint density at radius 3 is 2.82 bits per heavy atom. The second-order valence-electron chi connectivity index (χ2n) is 3.59. The van der Waals surface area contributed by atoms with Crippen molar-refractivity contribution >= 4 is 28.2 Å². The smallest absolute Gasteiger partial charge is 0.152 e. The highest BCUT2D eigenvalue weighted by molar-refractivity contribution is 6.22. The van der Waals surface area contributed by atoms with E-state index < -0.39 is 5.38 Å². The normalized spacial score (nSPS) is 14.2. The molecule has 17 heavy (non-hydrogen) atoms. The first-order valence-corrected chi connectivity index (χ1v) is 5.49. The fourth-order valence-corrected chi connectivity index (χ4v) is 1.61. The van der Waals surface area contributed by atoms with Gasteiger partial charge in [0.05, 0.1) is 16.4 Å². The first kappa shape index (κ1) is 11.5. The number of H-pyrrole nitrogens is 1. The zero-order valence-corrected chi connectivity index (χ0v) is 9.86. The number of allylic oxidation sites excluding steroid dienone is 2. The van der Waals surface area contributed by atoms with Crippen molar-refractivity contribution in [3.8, 4) is 6.07 Å². The lowest BCUT2D eigenvalue weighted by Gasteiger charge is -2.02. The van der Waals surface area contributed by atoms with E-state index in [0.29, 0.717) is 5.82 Å². The summed E-state index contributed by atoms with van der Waals surface area (Å²) in [6.07, 6.45) is 0. The quantitative estimate of drug-likeness (QED) is 0.487. The number of halogens is 1. The molecule has 0 unspecified atom stereocenters. The van der Waals surface area contributed by atoms with Gasteiger partial charge in [-0.2, -0.15) is 5.26 Å². The number of para-hydroxylation sites is 2. The monoisotopic (exact) mass is 247 g/mol. The fourth-order valence-electron chi connectivity index (χ4n) is 1.50. The number of aliphatic hydroxyl groups excluding tert-OH is 1. The summed E-state index contributed by atoms with van der Waals surface area (Å²) in [6.45, 7) is 1.59. The molecule has 1 aromatic heterocycles. The van der Waals surface area contributed by atoms with Crippen LogP contribution in [0.4, 0.5) is 0 Å². The largest absolute Gasteiger partial charge is 0.509 e. The van der Waals surface area contributed by atoms with Crippen molar-refractivity contribution in [1.82, 2.24) is 9.97 Å². The Morgan fingerprint density at radius 1 is 1.53 bits per heavy atom. The number of hydrogen-bond acceptors (Lipinski definition) is 3. The number of nitrogens with zero attached hydrogens (tertiary/aromatic N) is 2. The maximum Gasteiger partial charge on any atom is 0.152 e. The van der Waals surface area contributed by atoms with Crippen LogP contribution in [0.2, 0.25) is 0 Å². The van der Waals surface area contributed by atoms with Crippen molar-refractivity contribution < 1.29 is 5.11 Å². The molecule has 1 heterocycles. The lowest BCUT2D eigenvalue weighted by Crippen LogP contribution is -2.01. The third kappa shape index (κ3) is 2.10. The van der Waals surface area contributed by atoms with E-state index in [9.17, 15) is 5.11 Å². The Kier molecular flexibility index (Phi) is 3.03. The minimum atomic E-state index is -0.627. The first-order chi connectivity index (χ1) is 8.13. The van der Waals surface area contributed by atoms with Crippen molar-refractivity contribution in [2.45, 2.75) is 12.3 Å². The molecule has 0 amide bonds. The number of alkyl halides is 1. The zero-order valence-electron chi connectivity index (χ0n) is 9.11. The van der Waals surface area contributed by atoms with Crippen LogP contribution in [0.15, 0.2) is 30.0 Å². The average Bonchev–Trinajstić information content (AvgIpc) is 2.72. The van der Waals surface area contributed by atoms with Crippen molar-refractivity contribution in [3.63, 3.8) is 0 Å². The van der Waals surface area contributed by atoms with E-state index in [2.05, 4.69) is 9.97 Å². The number of nitrogens with one attached hydrogen (secondary N) is 1. The van der Waals surface area contributed by atoms with Gasteiger partial charge in [-0.15, -0.1) is 11.6 Å². The standard InChI is InChI=1S/C12H10ClN3O/c1-7(13)11(17)8(6-14)12-15-9-4-2-3-5-10(9)16-12/h2-5,7,17H,1H3,(H,15,16)/b11-8-/t7-/m1/s1. The van der Waals surface area contributed by atoms with Crippen molar-refractivity contribution in [3.05, 3.63) is 35.8 Å². The zero-order chi connectivity index (χ0) is 12.4.